The first-order valence-electron chi connectivity index (χ1n) is 27.9. The Morgan fingerprint density at radius 3 is 1.59 bits per heavy atom. The quantitative estimate of drug-likeness (QED) is 0.0196. The molecule has 1 rings (SSSR count). The third-order valence-corrected chi connectivity index (χ3v) is 13.0. The van der Waals surface area contributed by atoms with E-state index in [-0.39, 0.29) is 19.4 Å². The monoisotopic (exact) mass is 962 g/mol. The van der Waals surface area contributed by atoms with Crippen molar-refractivity contribution in [2.45, 2.75) is 288 Å². The second-order valence-corrected chi connectivity index (χ2v) is 19.3. The Balaban J connectivity index is 2.78. The maximum Gasteiger partial charge on any atom is 0.306 e. The van der Waals surface area contributed by atoms with Crippen molar-refractivity contribution in [1.29, 1.82) is 0 Å². The predicted molar refractivity (Wildman–Crippen MR) is 278 cm³/mol. The third kappa shape index (κ3) is 34.0. The fraction of sp³-hybridized carbons (Fsp3) is 0.825. The molecule has 11 nitrogen and oxygen atoms in total. The summed E-state index contributed by atoms with van der Waals surface area (Å²) >= 11 is 0. The van der Waals surface area contributed by atoms with Gasteiger partial charge in [0.2, 0.25) is 5.91 Å². The lowest BCUT2D eigenvalue weighted by molar-refractivity contribution is -0.305. The van der Waals surface area contributed by atoms with Crippen molar-refractivity contribution in [2.24, 2.45) is 0 Å². The van der Waals surface area contributed by atoms with Gasteiger partial charge in [0.1, 0.15) is 24.4 Å². The van der Waals surface area contributed by atoms with Crippen molar-refractivity contribution < 1.29 is 49.3 Å². The molecule has 11 heteroatoms. The van der Waals surface area contributed by atoms with Crippen molar-refractivity contribution in [3.63, 3.8) is 0 Å². The van der Waals surface area contributed by atoms with Gasteiger partial charge in [-0.05, 0) is 57.8 Å². The van der Waals surface area contributed by atoms with Crippen molar-refractivity contribution in [1.82, 2.24) is 5.32 Å². The van der Waals surface area contributed by atoms with Crippen LogP contribution in [0.2, 0.25) is 0 Å². The average Bonchev–Trinajstić information content (AvgIpc) is 3.33. The fourth-order valence-corrected chi connectivity index (χ4v) is 8.55. The molecule has 0 saturated carbocycles. The topological polar surface area (TPSA) is 175 Å². The Labute approximate surface area is 415 Å². The van der Waals surface area contributed by atoms with E-state index in [1.807, 2.05) is 6.08 Å². The third-order valence-electron chi connectivity index (χ3n) is 13.0. The van der Waals surface area contributed by atoms with E-state index in [0.717, 1.165) is 77.0 Å². The maximum atomic E-state index is 13.3. The molecule has 1 heterocycles. The van der Waals surface area contributed by atoms with Crippen LogP contribution in [0.3, 0.4) is 0 Å². The van der Waals surface area contributed by atoms with Crippen LogP contribution >= 0.6 is 0 Å². The van der Waals surface area contributed by atoms with Crippen molar-refractivity contribution in [3.8, 4) is 0 Å². The van der Waals surface area contributed by atoms with Gasteiger partial charge in [0.15, 0.2) is 12.4 Å². The molecule has 0 aromatic heterocycles. The van der Waals surface area contributed by atoms with Crippen molar-refractivity contribution in [2.75, 3.05) is 13.2 Å². The molecule has 8 unspecified atom stereocenters. The number of nitrogens with one attached hydrogen (secondary N) is 1. The van der Waals surface area contributed by atoms with Crippen LogP contribution < -0.4 is 5.32 Å². The van der Waals surface area contributed by atoms with E-state index in [1.54, 1.807) is 6.08 Å². The number of amides is 1. The highest BCUT2D eigenvalue weighted by molar-refractivity contribution is 5.80. The van der Waals surface area contributed by atoms with E-state index in [2.05, 4.69) is 62.5 Å². The molecule has 0 bridgehead atoms. The molecule has 1 aliphatic rings. The molecule has 396 valence electrons. The number of aliphatic hydroxyl groups is 5. The van der Waals surface area contributed by atoms with Gasteiger partial charge in [-0.1, -0.05) is 223 Å². The van der Waals surface area contributed by atoms with Crippen LogP contribution in [0, 0.1) is 0 Å². The molecule has 1 amide bonds. The van der Waals surface area contributed by atoms with E-state index >= 15 is 0 Å². The number of hydrogen-bond donors (Lipinski definition) is 6. The summed E-state index contributed by atoms with van der Waals surface area (Å²) in [7, 11) is 0. The average molecular weight is 962 g/mol. The highest BCUT2D eigenvalue weighted by atomic mass is 16.7. The van der Waals surface area contributed by atoms with Gasteiger partial charge in [-0.15, -0.1) is 0 Å². The zero-order valence-electron chi connectivity index (χ0n) is 43.5. The SMILES string of the molecule is CC/C=C/C/C=C/C/C=C/CCCCCC(O)C(=O)NC(COC1OC(CO)C(O)C(O)C1OC(=O)CCCCCCCCCCCCCCC)C(O)/C=C/CCCCCCCCCCCCC. The zero-order chi connectivity index (χ0) is 49.7. The summed E-state index contributed by atoms with van der Waals surface area (Å²) in [4.78, 5) is 26.4. The van der Waals surface area contributed by atoms with E-state index in [4.69, 9.17) is 14.2 Å². The largest absolute Gasteiger partial charge is 0.454 e. The van der Waals surface area contributed by atoms with E-state index in [1.165, 1.54) is 116 Å². The molecule has 8 atom stereocenters. The summed E-state index contributed by atoms with van der Waals surface area (Å²) in [5.74, 6) is -1.22. The minimum Gasteiger partial charge on any atom is -0.454 e. The molecule has 0 aliphatic carbocycles. The number of aliphatic hydroxyl groups excluding tert-OH is 5. The number of rotatable bonds is 46. The molecule has 68 heavy (non-hydrogen) atoms. The number of carbonyl (C=O) groups excluding carboxylic acids is 2. The lowest BCUT2D eigenvalue weighted by Gasteiger charge is -2.41. The minimum atomic E-state index is -1.61. The Kier molecular flexibility index (Phi) is 42.8. The summed E-state index contributed by atoms with van der Waals surface area (Å²) in [6.45, 7) is 5.64. The van der Waals surface area contributed by atoms with Gasteiger partial charge in [-0.3, -0.25) is 9.59 Å². The number of ether oxygens (including phenoxy) is 3. The van der Waals surface area contributed by atoms with Crippen LogP contribution in [0.1, 0.15) is 239 Å². The Morgan fingerprint density at radius 1 is 0.588 bits per heavy atom. The van der Waals surface area contributed by atoms with Crippen LogP contribution in [0.5, 0.6) is 0 Å². The minimum absolute atomic E-state index is 0.123. The van der Waals surface area contributed by atoms with Crippen LogP contribution in [0.15, 0.2) is 48.6 Å². The highest BCUT2D eigenvalue weighted by Gasteiger charge is 2.47. The van der Waals surface area contributed by atoms with Crippen LogP contribution in [-0.2, 0) is 23.8 Å². The lowest BCUT2D eigenvalue weighted by atomic mass is 9.99. The molecule has 1 fully saturated rings. The summed E-state index contributed by atoms with van der Waals surface area (Å²) in [5, 5.41) is 56.7. The van der Waals surface area contributed by atoms with Gasteiger partial charge in [0, 0.05) is 6.42 Å². The number of allylic oxidation sites excluding steroid dienone is 7. The standard InChI is InChI=1S/C57H103NO10/c1-4-7-10-13-16-19-22-25-28-31-34-37-40-43-49(60)48(58-56(65)50(61)44-41-38-35-32-29-26-23-20-17-14-11-8-5-2)47-66-57-55(54(64)53(63)51(46-59)67-57)68-52(62)45-42-39-36-33-30-27-24-21-18-15-12-9-6-3/h8,11,17,20,26,29,40,43,48-51,53-55,57,59-61,63-64H,4-7,9-10,12-16,18-19,21-25,27-28,30-39,41-42,44-47H2,1-3H3,(H,58,65)/b11-8+,20-17+,29-26+,43-40+. The van der Waals surface area contributed by atoms with Crippen LogP contribution in [0.25, 0.3) is 0 Å². The van der Waals surface area contributed by atoms with Crippen LogP contribution in [-0.4, -0.2) is 99.6 Å². The number of unbranched alkanes of at least 4 members (excludes halogenated alkanes) is 26. The van der Waals surface area contributed by atoms with Crippen molar-refractivity contribution in [3.05, 3.63) is 48.6 Å². The van der Waals surface area contributed by atoms with E-state index < -0.39 is 67.4 Å². The molecule has 0 aromatic rings. The molecule has 0 aromatic carbocycles. The summed E-state index contributed by atoms with van der Waals surface area (Å²) in [6, 6.07) is -1.03. The summed E-state index contributed by atoms with van der Waals surface area (Å²) in [5.41, 5.74) is 0. The van der Waals surface area contributed by atoms with Gasteiger partial charge in [-0.2, -0.15) is 0 Å². The molecule has 1 aliphatic heterocycles. The first-order chi connectivity index (χ1) is 33.2. The van der Waals surface area contributed by atoms with E-state index in [9.17, 15) is 35.1 Å². The number of hydrogen-bond acceptors (Lipinski definition) is 10. The molecule has 0 radical (unpaired) electrons. The predicted octanol–water partition coefficient (Wildman–Crippen LogP) is 12.1. The molecular weight excluding hydrogens is 859 g/mol. The van der Waals surface area contributed by atoms with Crippen molar-refractivity contribution >= 4 is 11.9 Å². The fourth-order valence-electron chi connectivity index (χ4n) is 8.55. The van der Waals surface area contributed by atoms with E-state index in [0.29, 0.717) is 12.8 Å². The first-order valence-corrected chi connectivity index (χ1v) is 27.9. The maximum absolute atomic E-state index is 13.3. The lowest BCUT2D eigenvalue weighted by Crippen LogP contribution is -2.61. The number of esters is 1. The Hall–Kier alpha value is -2.38. The van der Waals surface area contributed by atoms with Crippen LogP contribution in [0.4, 0.5) is 0 Å². The van der Waals surface area contributed by atoms with Gasteiger partial charge in [-0.25, -0.2) is 0 Å². The Bertz CT molecular complexity index is 1290. The van der Waals surface area contributed by atoms with Gasteiger partial charge >= 0.3 is 5.97 Å². The summed E-state index contributed by atoms with van der Waals surface area (Å²) < 4.78 is 17.5. The molecule has 0 spiro atoms. The zero-order valence-corrected chi connectivity index (χ0v) is 43.5. The highest BCUT2D eigenvalue weighted by Crippen LogP contribution is 2.26. The molecular formula is C57H103NO10. The second-order valence-electron chi connectivity index (χ2n) is 19.3. The molecule has 1 saturated heterocycles. The van der Waals surface area contributed by atoms with Gasteiger partial charge in [0.25, 0.3) is 0 Å². The number of carbonyl (C=O) groups is 2. The second kappa shape index (κ2) is 45.7. The molecule has 6 N–H and O–H groups in total. The first kappa shape index (κ1) is 63.6. The summed E-state index contributed by atoms with van der Waals surface area (Å²) in [6.07, 6.45) is 43.0. The van der Waals surface area contributed by atoms with Gasteiger partial charge < -0.3 is 45.1 Å². The normalized spacial score (nSPS) is 20.3. The Morgan fingerprint density at radius 2 is 1.06 bits per heavy atom. The smallest absolute Gasteiger partial charge is 0.306 e. The van der Waals surface area contributed by atoms with Gasteiger partial charge in [0.05, 0.1) is 25.4 Å².